The smallest absolute Gasteiger partial charge is 0.254 e. The molecule has 0 bridgehead atoms. The van der Waals surface area contributed by atoms with Gasteiger partial charge >= 0.3 is 0 Å². The molecule has 0 spiro atoms. The van der Waals surface area contributed by atoms with Gasteiger partial charge < -0.3 is 15.5 Å². The number of halogens is 1. The van der Waals surface area contributed by atoms with E-state index in [9.17, 15) is 14.4 Å². The molecule has 2 aliphatic rings. The number of piperidine rings is 1. The van der Waals surface area contributed by atoms with Crippen LogP contribution in [0.25, 0.3) is 0 Å². The summed E-state index contributed by atoms with van der Waals surface area (Å²) in [5.74, 6) is -0.373. The molecular formula is C21H22BrN3O3S. The average molecular weight is 476 g/mol. The predicted octanol–water partition coefficient (Wildman–Crippen LogP) is 3.89. The standard InChI is InChI=1S/C21H22BrN3O3S/c22-15-3-1-14(2-4-15)21(28)25-10-7-13(8-11-25)18(26)24-20-17(9-12-29-20)19(27)23-16-5-6-16/h1-4,9,12-13,16H,5-8,10-11H2,(H,23,27)(H,24,26). The molecule has 1 aliphatic carbocycles. The van der Waals surface area contributed by atoms with Crippen molar-refractivity contribution < 1.29 is 14.4 Å². The van der Waals surface area contributed by atoms with Gasteiger partial charge in [0.2, 0.25) is 5.91 Å². The maximum atomic E-state index is 12.7. The van der Waals surface area contributed by atoms with Crippen molar-refractivity contribution >= 4 is 50.0 Å². The SMILES string of the molecule is O=C(NC1CC1)c1ccsc1NC(=O)C1CCN(C(=O)c2ccc(Br)cc2)CC1. The molecule has 0 radical (unpaired) electrons. The van der Waals surface area contributed by atoms with Crippen molar-refractivity contribution in [2.75, 3.05) is 18.4 Å². The minimum Gasteiger partial charge on any atom is -0.349 e. The third-order valence-electron chi connectivity index (χ3n) is 5.30. The predicted molar refractivity (Wildman–Crippen MR) is 116 cm³/mol. The Kier molecular flexibility index (Phi) is 6.01. The molecule has 3 amide bonds. The second kappa shape index (κ2) is 8.67. The third kappa shape index (κ3) is 4.87. The fourth-order valence-electron chi connectivity index (χ4n) is 3.41. The number of nitrogens with one attached hydrogen (secondary N) is 2. The zero-order valence-corrected chi connectivity index (χ0v) is 18.2. The summed E-state index contributed by atoms with van der Waals surface area (Å²) >= 11 is 4.73. The van der Waals surface area contributed by atoms with E-state index in [1.54, 1.807) is 23.1 Å². The van der Waals surface area contributed by atoms with E-state index in [-0.39, 0.29) is 29.7 Å². The lowest BCUT2D eigenvalue weighted by Crippen LogP contribution is -2.41. The molecule has 1 saturated carbocycles. The van der Waals surface area contributed by atoms with E-state index in [1.807, 2.05) is 17.5 Å². The van der Waals surface area contributed by atoms with Crippen LogP contribution in [0.15, 0.2) is 40.2 Å². The summed E-state index contributed by atoms with van der Waals surface area (Å²) in [5.41, 5.74) is 1.18. The summed E-state index contributed by atoms with van der Waals surface area (Å²) in [7, 11) is 0. The maximum Gasteiger partial charge on any atom is 0.254 e. The van der Waals surface area contributed by atoms with Crippen molar-refractivity contribution in [1.29, 1.82) is 0 Å². The first-order valence-corrected chi connectivity index (χ1v) is 11.4. The number of likely N-dealkylation sites (tertiary alicyclic amines) is 1. The molecule has 1 aromatic carbocycles. The van der Waals surface area contributed by atoms with E-state index in [4.69, 9.17) is 0 Å². The fourth-order valence-corrected chi connectivity index (χ4v) is 4.46. The van der Waals surface area contributed by atoms with E-state index >= 15 is 0 Å². The lowest BCUT2D eigenvalue weighted by Gasteiger charge is -2.31. The Morgan fingerprint density at radius 1 is 1.00 bits per heavy atom. The molecule has 0 atom stereocenters. The van der Waals surface area contributed by atoms with E-state index in [0.29, 0.717) is 42.1 Å². The van der Waals surface area contributed by atoms with Crippen LogP contribution in [0.2, 0.25) is 0 Å². The lowest BCUT2D eigenvalue weighted by molar-refractivity contribution is -0.121. The Morgan fingerprint density at radius 3 is 2.34 bits per heavy atom. The van der Waals surface area contributed by atoms with Gasteiger partial charge in [-0.05, 0) is 61.4 Å². The van der Waals surface area contributed by atoms with Crippen LogP contribution < -0.4 is 10.6 Å². The molecular weight excluding hydrogens is 454 g/mol. The highest BCUT2D eigenvalue weighted by molar-refractivity contribution is 9.10. The first kappa shape index (κ1) is 20.1. The van der Waals surface area contributed by atoms with E-state index in [0.717, 1.165) is 17.3 Å². The Bertz CT molecular complexity index is 916. The van der Waals surface area contributed by atoms with Gasteiger partial charge in [0.05, 0.1) is 5.56 Å². The topological polar surface area (TPSA) is 78.5 Å². The van der Waals surface area contributed by atoms with Crippen LogP contribution in [0, 0.1) is 5.92 Å². The highest BCUT2D eigenvalue weighted by Crippen LogP contribution is 2.28. The number of rotatable bonds is 5. The number of nitrogens with zero attached hydrogens (tertiary/aromatic N) is 1. The largest absolute Gasteiger partial charge is 0.349 e. The number of carbonyl (C=O) groups excluding carboxylic acids is 3. The second-order valence-electron chi connectivity index (χ2n) is 7.47. The first-order valence-electron chi connectivity index (χ1n) is 9.75. The number of anilines is 1. The van der Waals surface area contributed by atoms with Crippen LogP contribution in [-0.2, 0) is 4.79 Å². The van der Waals surface area contributed by atoms with Gasteiger partial charge in [-0.15, -0.1) is 11.3 Å². The number of benzene rings is 1. The van der Waals surface area contributed by atoms with Gasteiger partial charge in [-0.3, -0.25) is 14.4 Å². The Labute approximate surface area is 181 Å². The van der Waals surface area contributed by atoms with Gasteiger partial charge in [-0.1, -0.05) is 15.9 Å². The van der Waals surface area contributed by atoms with Crippen molar-refractivity contribution in [2.45, 2.75) is 31.7 Å². The Hall–Kier alpha value is -2.19. The normalized spacial score (nSPS) is 17.1. The number of thiophene rings is 1. The molecule has 6 nitrogen and oxygen atoms in total. The molecule has 2 heterocycles. The molecule has 2 aromatic rings. The van der Waals surface area contributed by atoms with E-state index in [1.165, 1.54) is 11.3 Å². The quantitative estimate of drug-likeness (QED) is 0.688. The molecule has 8 heteroatoms. The highest BCUT2D eigenvalue weighted by atomic mass is 79.9. The summed E-state index contributed by atoms with van der Waals surface area (Å²) in [6, 6.07) is 9.33. The van der Waals surface area contributed by atoms with Gasteiger partial charge in [-0.25, -0.2) is 0 Å². The van der Waals surface area contributed by atoms with Crippen LogP contribution in [0.3, 0.4) is 0 Å². The Morgan fingerprint density at radius 2 is 1.69 bits per heavy atom. The van der Waals surface area contributed by atoms with Gasteiger partial charge in [-0.2, -0.15) is 0 Å². The van der Waals surface area contributed by atoms with Crippen molar-refractivity contribution in [3.8, 4) is 0 Å². The van der Waals surface area contributed by atoms with E-state index < -0.39 is 0 Å². The summed E-state index contributed by atoms with van der Waals surface area (Å²) in [4.78, 5) is 39.4. The third-order valence-corrected chi connectivity index (χ3v) is 6.66. The molecule has 2 N–H and O–H groups in total. The minimum atomic E-state index is -0.162. The zero-order chi connectivity index (χ0) is 20.4. The van der Waals surface area contributed by atoms with Gasteiger partial charge in [0.25, 0.3) is 11.8 Å². The molecule has 0 unspecified atom stereocenters. The minimum absolute atomic E-state index is 0.00588. The second-order valence-corrected chi connectivity index (χ2v) is 9.31. The van der Waals surface area contributed by atoms with Crippen molar-refractivity contribution in [3.63, 3.8) is 0 Å². The molecule has 4 rings (SSSR count). The van der Waals surface area contributed by atoms with Gasteiger partial charge in [0.1, 0.15) is 5.00 Å². The molecule has 1 aliphatic heterocycles. The molecule has 152 valence electrons. The molecule has 1 saturated heterocycles. The fraction of sp³-hybridized carbons (Fsp3) is 0.381. The zero-order valence-electron chi connectivity index (χ0n) is 15.8. The summed E-state index contributed by atoms with van der Waals surface area (Å²) in [5, 5.41) is 8.30. The first-order chi connectivity index (χ1) is 14.0. The highest BCUT2D eigenvalue weighted by Gasteiger charge is 2.29. The summed E-state index contributed by atoms with van der Waals surface area (Å²) in [6.07, 6.45) is 3.27. The molecule has 2 fully saturated rings. The summed E-state index contributed by atoms with van der Waals surface area (Å²) < 4.78 is 0.934. The van der Waals surface area contributed by atoms with Crippen LogP contribution in [0.1, 0.15) is 46.4 Å². The number of amides is 3. The van der Waals surface area contributed by atoms with Crippen molar-refractivity contribution in [3.05, 3.63) is 51.3 Å². The van der Waals surface area contributed by atoms with Crippen LogP contribution in [0.4, 0.5) is 5.00 Å². The van der Waals surface area contributed by atoms with E-state index in [2.05, 4.69) is 26.6 Å². The number of hydrogen-bond acceptors (Lipinski definition) is 4. The molecule has 29 heavy (non-hydrogen) atoms. The monoisotopic (exact) mass is 475 g/mol. The lowest BCUT2D eigenvalue weighted by atomic mass is 9.95. The number of carbonyl (C=O) groups is 3. The molecule has 1 aromatic heterocycles. The van der Waals surface area contributed by atoms with Crippen molar-refractivity contribution in [1.82, 2.24) is 10.2 Å². The van der Waals surface area contributed by atoms with Crippen LogP contribution >= 0.6 is 27.3 Å². The average Bonchev–Trinajstić information content (AvgIpc) is 3.42. The Balaban J connectivity index is 1.31. The summed E-state index contributed by atoms with van der Waals surface area (Å²) in [6.45, 7) is 1.10. The van der Waals surface area contributed by atoms with Crippen LogP contribution in [0.5, 0.6) is 0 Å². The maximum absolute atomic E-state index is 12.7. The van der Waals surface area contributed by atoms with Gasteiger partial charge in [0.15, 0.2) is 0 Å². The number of hydrogen-bond donors (Lipinski definition) is 2. The van der Waals surface area contributed by atoms with Crippen LogP contribution in [-0.4, -0.2) is 41.8 Å². The van der Waals surface area contributed by atoms with Gasteiger partial charge in [0, 0.05) is 35.1 Å². The van der Waals surface area contributed by atoms with Crippen molar-refractivity contribution in [2.24, 2.45) is 5.92 Å².